The number of carboxylic acid groups (broad SMARTS) is 1. The smallest absolute Gasteiger partial charge is 0.309 e. The third kappa shape index (κ3) is 4.61. The van der Waals surface area contributed by atoms with Crippen LogP contribution in [-0.4, -0.2) is 30.5 Å². The summed E-state index contributed by atoms with van der Waals surface area (Å²) < 4.78 is 0. The van der Waals surface area contributed by atoms with E-state index >= 15 is 0 Å². The number of rotatable bonds is 8. The lowest BCUT2D eigenvalue weighted by Gasteiger charge is -2.70. The molecule has 5 rings (SSSR count). The maximum Gasteiger partial charge on any atom is 0.309 e. The van der Waals surface area contributed by atoms with Crippen molar-refractivity contribution in [2.75, 3.05) is 13.7 Å². The van der Waals surface area contributed by atoms with Crippen molar-refractivity contribution in [2.45, 2.75) is 132 Å². The van der Waals surface area contributed by atoms with Crippen molar-refractivity contribution in [1.29, 1.82) is 0 Å². The van der Waals surface area contributed by atoms with Crippen LogP contribution in [-0.2, 0) is 14.4 Å². The molecule has 5 nitrogen and oxygen atoms in total. The van der Waals surface area contributed by atoms with Gasteiger partial charge in [0.15, 0.2) is 5.78 Å². The molecule has 0 aromatic carbocycles. The number of ketones is 1. The van der Waals surface area contributed by atoms with E-state index < -0.39 is 11.4 Å². The van der Waals surface area contributed by atoms with Crippen LogP contribution in [0.3, 0.4) is 0 Å². The fourth-order valence-corrected chi connectivity index (χ4v) is 11.8. The van der Waals surface area contributed by atoms with Crippen molar-refractivity contribution in [3.05, 3.63) is 11.6 Å². The summed E-state index contributed by atoms with van der Waals surface area (Å²) in [6, 6.07) is 0. The summed E-state index contributed by atoms with van der Waals surface area (Å²) in [5.74, 6) is 1.21. The van der Waals surface area contributed by atoms with Crippen LogP contribution in [0.15, 0.2) is 11.6 Å². The molecule has 0 radical (unpaired) electrons. The van der Waals surface area contributed by atoms with Crippen LogP contribution in [0.4, 0.5) is 0 Å². The number of carbonyl (C=O) groups is 2. The van der Waals surface area contributed by atoms with Crippen molar-refractivity contribution in [1.82, 2.24) is 5.48 Å². The van der Waals surface area contributed by atoms with Gasteiger partial charge in [0, 0.05) is 12.5 Å². The van der Waals surface area contributed by atoms with Gasteiger partial charge >= 0.3 is 5.97 Å². The average Bonchev–Trinajstić information content (AvgIpc) is 2.89. The fourth-order valence-electron chi connectivity index (χ4n) is 11.8. The van der Waals surface area contributed by atoms with E-state index in [1.807, 2.05) is 6.92 Å². The van der Waals surface area contributed by atoms with Crippen LogP contribution >= 0.6 is 0 Å². The molecule has 2 N–H and O–H groups in total. The van der Waals surface area contributed by atoms with Crippen LogP contribution in [0, 0.1) is 56.2 Å². The molecule has 5 heteroatoms. The Morgan fingerprint density at radius 1 is 0.951 bits per heavy atom. The molecular formula is C36H59NO4. The van der Waals surface area contributed by atoms with Gasteiger partial charge in [0.05, 0.1) is 12.5 Å². The molecule has 0 bridgehead atoms. The first-order valence-electron chi connectivity index (χ1n) is 16.8. The standard InChI is InChI=1S/C36H59NO4/c1-31(2)24(12-10-9-11-21-37-41-8)13-15-34(5)28(31)14-16-36(7)29(34)27(38)22-25-26-23-33(4,30(39)40)18-17-32(26,3)19-20-35(25,36)6/h22,24,26,28-29,37H,9-21,23H2,1-8H3,(H,39,40). The highest BCUT2D eigenvalue weighted by Crippen LogP contribution is 2.75. The van der Waals surface area contributed by atoms with Crippen molar-refractivity contribution in [2.24, 2.45) is 56.2 Å². The van der Waals surface area contributed by atoms with E-state index in [0.29, 0.717) is 24.0 Å². The molecular weight excluding hydrogens is 510 g/mol. The van der Waals surface area contributed by atoms with Gasteiger partial charge < -0.3 is 9.94 Å². The van der Waals surface area contributed by atoms with Gasteiger partial charge in [0.2, 0.25) is 0 Å². The van der Waals surface area contributed by atoms with Crippen LogP contribution in [0.25, 0.3) is 0 Å². The second-order valence-corrected chi connectivity index (χ2v) is 17.1. The van der Waals surface area contributed by atoms with Crippen LogP contribution in [0.5, 0.6) is 0 Å². The first-order chi connectivity index (χ1) is 19.1. The molecule has 232 valence electrons. The van der Waals surface area contributed by atoms with E-state index in [0.717, 1.165) is 51.5 Å². The van der Waals surface area contributed by atoms with Crippen molar-refractivity contribution in [3.8, 4) is 0 Å². The zero-order valence-corrected chi connectivity index (χ0v) is 27.5. The number of hydrogen-bond donors (Lipinski definition) is 2. The third-order valence-electron chi connectivity index (χ3n) is 14.8. The molecule has 9 unspecified atom stereocenters. The zero-order chi connectivity index (χ0) is 30.1. The molecule has 0 aliphatic heterocycles. The number of allylic oxidation sites excluding steroid dienone is 2. The lowest BCUT2D eigenvalue weighted by molar-refractivity contribution is -0.194. The highest BCUT2D eigenvalue weighted by Gasteiger charge is 2.70. The Hall–Kier alpha value is -1.20. The Bertz CT molecular complexity index is 1080. The monoisotopic (exact) mass is 569 g/mol. The second kappa shape index (κ2) is 10.5. The van der Waals surface area contributed by atoms with Gasteiger partial charge in [0.25, 0.3) is 0 Å². The predicted molar refractivity (Wildman–Crippen MR) is 164 cm³/mol. The highest BCUT2D eigenvalue weighted by molar-refractivity contribution is 5.95. The summed E-state index contributed by atoms with van der Waals surface area (Å²) in [5.41, 5.74) is 3.81. The van der Waals surface area contributed by atoms with Gasteiger partial charge in [-0.2, -0.15) is 0 Å². The summed E-state index contributed by atoms with van der Waals surface area (Å²) in [6.45, 7) is 17.7. The van der Waals surface area contributed by atoms with Crippen LogP contribution in [0.1, 0.15) is 132 Å². The average molecular weight is 570 g/mol. The van der Waals surface area contributed by atoms with Gasteiger partial charge in [-0.3, -0.25) is 9.59 Å². The minimum absolute atomic E-state index is 0.0143. The van der Waals surface area contributed by atoms with Crippen molar-refractivity contribution < 1.29 is 19.5 Å². The van der Waals surface area contributed by atoms with E-state index in [4.69, 9.17) is 4.84 Å². The van der Waals surface area contributed by atoms with E-state index in [9.17, 15) is 14.7 Å². The van der Waals surface area contributed by atoms with Crippen molar-refractivity contribution in [3.63, 3.8) is 0 Å². The molecule has 5 aliphatic carbocycles. The second-order valence-electron chi connectivity index (χ2n) is 17.1. The minimum Gasteiger partial charge on any atom is -0.481 e. The molecule has 0 saturated heterocycles. The Morgan fingerprint density at radius 2 is 1.66 bits per heavy atom. The molecule has 0 spiro atoms. The summed E-state index contributed by atoms with van der Waals surface area (Å²) in [6.07, 6.45) is 16.3. The van der Waals surface area contributed by atoms with Gasteiger partial charge in [-0.25, -0.2) is 5.48 Å². The lowest BCUT2D eigenvalue weighted by atomic mass is 9.33. The molecule has 0 heterocycles. The van der Waals surface area contributed by atoms with E-state index in [2.05, 4.69) is 53.1 Å². The molecule has 0 aromatic heterocycles. The van der Waals surface area contributed by atoms with Gasteiger partial charge in [-0.05, 0) is 128 Å². The minimum atomic E-state index is -0.698. The Labute approximate surface area is 250 Å². The molecule has 4 fully saturated rings. The molecule has 0 amide bonds. The number of carbonyl (C=O) groups excluding carboxylic acids is 1. The maximum atomic E-state index is 14.5. The van der Waals surface area contributed by atoms with Crippen LogP contribution < -0.4 is 5.48 Å². The molecule has 4 saturated carbocycles. The summed E-state index contributed by atoms with van der Waals surface area (Å²) in [5, 5.41) is 10.2. The zero-order valence-electron chi connectivity index (χ0n) is 27.5. The summed E-state index contributed by atoms with van der Waals surface area (Å²) in [7, 11) is 1.68. The number of unbranched alkanes of at least 4 members (excludes halogenated alkanes) is 2. The Balaban J connectivity index is 1.43. The first-order valence-corrected chi connectivity index (χ1v) is 16.8. The van der Waals surface area contributed by atoms with E-state index in [1.54, 1.807) is 7.11 Å². The highest BCUT2D eigenvalue weighted by atomic mass is 16.6. The fraction of sp³-hybridized carbons (Fsp3) is 0.889. The summed E-state index contributed by atoms with van der Waals surface area (Å²) >= 11 is 0. The van der Waals surface area contributed by atoms with Crippen LogP contribution in [0.2, 0.25) is 0 Å². The van der Waals surface area contributed by atoms with Gasteiger partial charge in [0.1, 0.15) is 0 Å². The largest absolute Gasteiger partial charge is 0.481 e. The normalized spacial score (nSPS) is 46.9. The molecule has 9 atom stereocenters. The quantitative estimate of drug-likeness (QED) is 0.227. The number of hydrogen-bond acceptors (Lipinski definition) is 4. The number of nitrogens with one attached hydrogen (secondary N) is 1. The lowest BCUT2D eigenvalue weighted by Crippen LogP contribution is -2.66. The van der Waals surface area contributed by atoms with Gasteiger partial charge in [-0.15, -0.1) is 0 Å². The molecule has 0 aromatic rings. The topological polar surface area (TPSA) is 75.6 Å². The predicted octanol–water partition coefficient (Wildman–Crippen LogP) is 8.38. The number of aliphatic carboxylic acids is 1. The molecule has 5 aliphatic rings. The first kappa shape index (κ1) is 31.2. The van der Waals surface area contributed by atoms with Crippen molar-refractivity contribution >= 4 is 11.8 Å². The van der Waals surface area contributed by atoms with E-state index in [1.165, 1.54) is 37.7 Å². The van der Waals surface area contributed by atoms with E-state index in [-0.39, 0.29) is 38.9 Å². The van der Waals surface area contributed by atoms with Gasteiger partial charge in [-0.1, -0.05) is 60.0 Å². The maximum absolute atomic E-state index is 14.5. The summed E-state index contributed by atoms with van der Waals surface area (Å²) in [4.78, 5) is 31.9. The SMILES string of the molecule is CONCCCCCC1CCC2(C)C(CCC3(C)C2C(=O)C=C2C4CC(C)(C(=O)O)CCC4(C)CCC23C)C1(C)C. The Morgan fingerprint density at radius 3 is 2.34 bits per heavy atom. The molecule has 41 heavy (non-hydrogen) atoms. The number of fused-ring (bicyclic) bond motifs is 7. The number of hydroxylamine groups is 1. The Kier molecular flexibility index (Phi) is 7.97. The number of carboxylic acids is 1. The third-order valence-corrected chi connectivity index (χ3v) is 14.8.